The Labute approximate surface area is 184 Å². The standard InChI is InChI=1S/C21H32N4O5S/c1-16-5-6-18(31(28,29)25-10-12-30-13-11-25)14-19(16)21(27)23-7-3-9-24-8-2-4-17(15-24)20(22)26/h5-6,14,17H,2-4,7-13,15H2,1H3,(H2,22,26)(H,23,27). The Morgan fingerprint density at radius 3 is 2.68 bits per heavy atom. The first-order valence-corrected chi connectivity index (χ1v) is 12.2. The van der Waals surface area contributed by atoms with Crippen molar-refractivity contribution in [1.29, 1.82) is 0 Å². The van der Waals surface area contributed by atoms with E-state index in [9.17, 15) is 18.0 Å². The number of benzene rings is 1. The summed E-state index contributed by atoms with van der Waals surface area (Å²) in [5.41, 5.74) is 6.50. The molecule has 0 radical (unpaired) electrons. The van der Waals surface area contributed by atoms with Crippen LogP contribution >= 0.6 is 0 Å². The highest BCUT2D eigenvalue weighted by Crippen LogP contribution is 2.21. The Morgan fingerprint density at radius 2 is 1.97 bits per heavy atom. The van der Waals surface area contributed by atoms with E-state index in [0.717, 1.165) is 37.9 Å². The maximum atomic E-state index is 12.9. The molecule has 3 N–H and O–H groups in total. The largest absolute Gasteiger partial charge is 0.379 e. The number of primary amides is 1. The van der Waals surface area contributed by atoms with Gasteiger partial charge >= 0.3 is 0 Å². The second-order valence-corrected chi connectivity index (χ2v) is 10.1. The first kappa shape index (κ1) is 23.6. The van der Waals surface area contributed by atoms with E-state index in [2.05, 4.69) is 10.2 Å². The summed E-state index contributed by atoms with van der Waals surface area (Å²) < 4.78 is 32.4. The number of nitrogens with zero attached hydrogens (tertiary/aromatic N) is 2. The summed E-state index contributed by atoms with van der Waals surface area (Å²) in [6.45, 7) is 5.99. The van der Waals surface area contributed by atoms with Crippen molar-refractivity contribution in [3.63, 3.8) is 0 Å². The number of carbonyl (C=O) groups excluding carboxylic acids is 2. The monoisotopic (exact) mass is 452 g/mol. The van der Waals surface area contributed by atoms with E-state index in [1.54, 1.807) is 19.1 Å². The normalized spacial score (nSPS) is 21.0. The predicted octanol–water partition coefficient (Wildman–Crippen LogP) is 0.333. The van der Waals surface area contributed by atoms with Crippen molar-refractivity contribution < 1.29 is 22.7 Å². The number of likely N-dealkylation sites (tertiary alicyclic amines) is 1. The lowest BCUT2D eigenvalue weighted by atomic mass is 9.97. The van der Waals surface area contributed by atoms with E-state index in [0.29, 0.717) is 45.0 Å². The number of amides is 2. The van der Waals surface area contributed by atoms with Crippen LogP contribution in [0.3, 0.4) is 0 Å². The van der Waals surface area contributed by atoms with Crippen molar-refractivity contribution in [3.05, 3.63) is 29.3 Å². The van der Waals surface area contributed by atoms with Crippen LogP contribution in [-0.4, -0.2) is 81.9 Å². The Morgan fingerprint density at radius 1 is 1.23 bits per heavy atom. The Kier molecular flexibility index (Phi) is 8.04. The van der Waals surface area contributed by atoms with Crippen LogP contribution in [0.1, 0.15) is 35.2 Å². The second kappa shape index (κ2) is 10.5. The topological polar surface area (TPSA) is 122 Å². The molecule has 2 amide bonds. The zero-order chi connectivity index (χ0) is 22.4. The number of morpholine rings is 1. The molecule has 1 unspecified atom stereocenters. The molecule has 2 aliphatic heterocycles. The Bertz CT molecular complexity index is 899. The van der Waals surface area contributed by atoms with Crippen molar-refractivity contribution in [2.24, 2.45) is 11.7 Å². The minimum absolute atomic E-state index is 0.0952. The smallest absolute Gasteiger partial charge is 0.251 e. The van der Waals surface area contributed by atoms with Gasteiger partial charge in [-0.3, -0.25) is 9.59 Å². The van der Waals surface area contributed by atoms with Crippen LogP contribution in [0.2, 0.25) is 0 Å². The van der Waals surface area contributed by atoms with Gasteiger partial charge in [-0.1, -0.05) is 6.07 Å². The third-order valence-corrected chi connectivity index (χ3v) is 7.80. The van der Waals surface area contributed by atoms with Gasteiger partial charge in [-0.2, -0.15) is 4.31 Å². The highest BCUT2D eigenvalue weighted by molar-refractivity contribution is 7.89. The fourth-order valence-corrected chi connectivity index (χ4v) is 5.47. The summed E-state index contributed by atoms with van der Waals surface area (Å²) in [4.78, 5) is 26.4. The molecule has 31 heavy (non-hydrogen) atoms. The molecular weight excluding hydrogens is 420 g/mol. The maximum absolute atomic E-state index is 12.9. The van der Waals surface area contributed by atoms with Gasteiger partial charge in [-0.25, -0.2) is 8.42 Å². The summed E-state index contributed by atoms with van der Waals surface area (Å²) >= 11 is 0. The van der Waals surface area contributed by atoms with Gasteiger partial charge < -0.3 is 20.7 Å². The average molecular weight is 453 g/mol. The van der Waals surface area contributed by atoms with Crippen molar-refractivity contribution in [1.82, 2.24) is 14.5 Å². The lowest BCUT2D eigenvalue weighted by molar-refractivity contribution is -0.123. The summed E-state index contributed by atoms with van der Waals surface area (Å²) in [6.07, 6.45) is 2.52. The SMILES string of the molecule is Cc1ccc(S(=O)(=O)N2CCOCC2)cc1C(=O)NCCCN1CCCC(C(N)=O)C1. The number of rotatable bonds is 8. The highest BCUT2D eigenvalue weighted by Gasteiger charge is 2.27. The van der Waals surface area contributed by atoms with E-state index >= 15 is 0 Å². The molecule has 2 fully saturated rings. The lowest BCUT2D eigenvalue weighted by Crippen LogP contribution is -2.42. The molecule has 2 heterocycles. The number of piperidine rings is 1. The molecule has 3 rings (SSSR count). The molecule has 1 aromatic rings. The molecule has 0 aliphatic carbocycles. The van der Waals surface area contributed by atoms with Crippen LogP contribution in [0, 0.1) is 12.8 Å². The maximum Gasteiger partial charge on any atom is 0.251 e. The lowest BCUT2D eigenvalue weighted by Gasteiger charge is -2.31. The first-order chi connectivity index (χ1) is 14.8. The molecule has 0 spiro atoms. The Hall–Kier alpha value is -2.01. The van der Waals surface area contributed by atoms with Gasteiger partial charge in [0.1, 0.15) is 0 Å². The number of carbonyl (C=O) groups is 2. The van der Waals surface area contributed by atoms with Gasteiger partial charge in [0, 0.05) is 31.7 Å². The van der Waals surface area contributed by atoms with Crippen LogP contribution in [0.4, 0.5) is 0 Å². The zero-order valence-corrected chi connectivity index (χ0v) is 18.8. The third kappa shape index (κ3) is 6.03. The number of hydrogen-bond donors (Lipinski definition) is 2. The van der Waals surface area contributed by atoms with Gasteiger partial charge in [0.2, 0.25) is 15.9 Å². The molecule has 9 nitrogen and oxygen atoms in total. The summed E-state index contributed by atoms with van der Waals surface area (Å²) in [6, 6.07) is 4.67. The number of ether oxygens (including phenoxy) is 1. The molecule has 2 aliphatic rings. The highest BCUT2D eigenvalue weighted by atomic mass is 32.2. The van der Waals surface area contributed by atoms with E-state index < -0.39 is 10.0 Å². The van der Waals surface area contributed by atoms with Gasteiger partial charge in [0.05, 0.1) is 24.0 Å². The minimum atomic E-state index is -3.66. The number of hydrogen-bond acceptors (Lipinski definition) is 6. The van der Waals surface area contributed by atoms with Crippen LogP contribution in [-0.2, 0) is 19.6 Å². The summed E-state index contributed by atoms with van der Waals surface area (Å²) in [7, 11) is -3.66. The van der Waals surface area contributed by atoms with Crippen molar-refractivity contribution in [2.45, 2.75) is 31.1 Å². The quantitative estimate of drug-likeness (QED) is 0.548. The molecule has 1 aromatic carbocycles. The van der Waals surface area contributed by atoms with Crippen molar-refractivity contribution in [2.75, 3.05) is 52.5 Å². The van der Waals surface area contributed by atoms with E-state index in [1.165, 1.54) is 10.4 Å². The number of aryl methyl sites for hydroxylation is 1. The van der Waals surface area contributed by atoms with Crippen LogP contribution < -0.4 is 11.1 Å². The summed E-state index contributed by atoms with van der Waals surface area (Å²) in [5, 5.41) is 2.89. The molecule has 1 atom stereocenters. The molecular formula is C21H32N4O5S. The molecule has 10 heteroatoms. The average Bonchev–Trinajstić information content (AvgIpc) is 2.77. The number of nitrogens with one attached hydrogen (secondary N) is 1. The van der Waals surface area contributed by atoms with Gasteiger partial charge in [-0.05, 0) is 57.0 Å². The molecule has 0 bridgehead atoms. The Balaban J connectivity index is 1.55. The van der Waals surface area contributed by atoms with E-state index in [4.69, 9.17) is 10.5 Å². The van der Waals surface area contributed by atoms with Gasteiger partial charge in [0.15, 0.2) is 0 Å². The first-order valence-electron chi connectivity index (χ1n) is 10.8. The number of nitrogens with two attached hydrogens (primary N) is 1. The second-order valence-electron chi connectivity index (χ2n) is 8.14. The number of sulfonamides is 1. The molecule has 0 aromatic heterocycles. The predicted molar refractivity (Wildman–Crippen MR) is 116 cm³/mol. The van der Waals surface area contributed by atoms with Crippen LogP contribution in [0.25, 0.3) is 0 Å². The fourth-order valence-electron chi connectivity index (χ4n) is 4.03. The summed E-state index contributed by atoms with van der Waals surface area (Å²) in [5.74, 6) is -0.632. The van der Waals surface area contributed by atoms with Gasteiger partial charge in [-0.15, -0.1) is 0 Å². The molecule has 172 valence electrons. The van der Waals surface area contributed by atoms with Crippen LogP contribution in [0.15, 0.2) is 23.1 Å². The van der Waals surface area contributed by atoms with E-state index in [1.807, 2.05) is 0 Å². The van der Waals surface area contributed by atoms with Crippen molar-refractivity contribution >= 4 is 21.8 Å². The zero-order valence-electron chi connectivity index (χ0n) is 18.0. The molecule has 2 saturated heterocycles. The van der Waals surface area contributed by atoms with Crippen LogP contribution in [0.5, 0.6) is 0 Å². The third-order valence-electron chi connectivity index (χ3n) is 5.91. The minimum Gasteiger partial charge on any atom is -0.379 e. The van der Waals surface area contributed by atoms with Gasteiger partial charge in [0.25, 0.3) is 5.91 Å². The van der Waals surface area contributed by atoms with E-state index in [-0.39, 0.29) is 22.6 Å². The van der Waals surface area contributed by atoms with Crippen molar-refractivity contribution in [3.8, 4) is 0 Å². The fraction of sp³-hybridized carbons (Fsp3) is 0.619. The molecule has 0 saturated carbocycles.